The van der Waals surface area contributed by atoms with Gasteiger partial charge in [0.1, 0.15) is 12.1 Å². The number of rotatable bonds is 6. The number of carbonyl (C=O) groups excluding carboxylic acids is 1. The SMILES string of the molecule is CCC(Nc1nc(C(C)OC)ns1)C(=O)OC. The zero-order valence-corrected chi connectivity index (χ0v) is 11.2. The molecule has 1 N–H and O–H groups in total. The summed E-state index contributed by atoms with van der Waals surface area (Å²) in [6, 6.07) is -0.390. The van der Waals surface area contributed by atoms with Crippen LogP contribution in [0.2, 0.25) is 0 Å². The second kappa shape index (κ2) is 6.51. The fraction of sp³-hybridized carbons (Fsp3) is 0.700. The van der Waals surface area contributed by atoms with Crippen LogP contribution in [0.15, 0.2) is 0 Å². The quantitative estimate of drug-likeness (QED) is 0.782. The Balaban J connectivity index is 2.67. The van der Waals surface area contributed by atoms with Crippen molar-refractivity contribution in [2.45, 2.75) is 32.4 Å². The van der Waals surface area contributed by atoms with Crippen molar-refractivity contribution in [1.29, 1.82) is 0 Å². The van der Waals surface area contributed by atoms with Gasteiger partial charge in [-0.3, -0.25) is 0 Å². The van der Waals surface area contributed by atoms with Crippen molar-refractivity contribution in [2.75, 3.05) is 19.5 Å². The van der Waals surface area contributed by atoms with Gasteiger partial charge in [-0.25, -0.2) is 9.78 Å². The summed E-state index contributed by atoms with van der Waals surface area (Å²) in [7, 11) is 2.97. The molecule has 6 nitrogen and oxygen atoms in total. The summed E-state index contributed by atoms with van der Waals surface area (Å²) in [6.07, 6.45) is 0.474. The van der Waals surface area contributed by atoms with E-state index in [9.17, 15) is 4.79 Å². The molecule has 0 saturated heterocycles. The second-order valence-corrected chi connectivity index (χ2v) is 4.22. The monoisotopic (exact) mass is 259 g/mol. The summed E-state index contributed by atoms with van der Waals surface area (Å²) in [5.41, 5.74) is 0. The fourth-order valence-corrected chi connectivity index (χ4v) is 1.88. The van der Waals surface area contributed by atoms with Crippen LogP contribution in [0.4, 0.5) is 5.13 Å². The molecule has 0 aliphatic carbocycles. The molecule has 2 unspecified atom stereocenters. The maximum atomic E-state index is 11.4. The van der Waals surface area contributed by atoms with Gasteiger partial charge in [0, 0.05) is 18.6 Å². The van der Waals surface area contributed by atoms with Crippen LogP contribution >= 0.6 is 11.5 Å². The smallest absolute Gasteiger partial charge is 0.328 e. The highest BCUT2D eigenvalue weighted by Gasteiger charge is 2.19. The van der Waals surface area contributed by atoms with E-state index in [1.54, 1.807) is 7.11 Å². The van der Waals surface area contributed by atoms with Crippen molar-refractivity contribution in [3.8, 4) is 0 Å². The summed E-state index contributed by atoms with van der Waals surface area (Å²) < 4.78 is 13.9. The minimum absolute atomic E-state index is 0.153. The molecule has 0 amide bonds. The second-order valence-electron chi connectivity index (χ2n) is 3.46. The lowest BCUT2D eigenvalue weighted by Crippen LogP contribution is -2.29. The van der Waals surface area contributed by atoms with E-state index in [2.05, 4.69) is 19.4 Å². The zero-order chi connectivity index (χ0) is 12.8. The molecule has 0 fully saturated rings. The van der Waals surface area contributed by atoms with Gasteiger partial charge in [-0.15, -0.1) is 0 Å². The first-order valence-electron chi connectivity index (χ1n) is 5.33. The molecule has 1 aromatic heterocycles. The van der Waals surface area contributed by atoms with Crippen LogP contribution in [0.25, 0.3) is 0 Å². The van der Waals surface area contributed by atoms with Crippen molar-refractivity contribution >= 4 is 22.6 Å². The number of hydrogen-bond donors (Lipinski definition) is 1. The fourth-order valence-electron chi connectivity index (χ4n) is 1.18. The Labute approximate surface area is 105 Å². The highest BCUT2D eigenvalue weighted by atomic mass is 32.1. The van der Waals surface area contributed by atoms with Gasteiger partial charge in [0.05, 0.1) is 7.11 Å². The number of nitrogens with one attached hydrogen (secondary N) is 1. The summed E-state index contributed by atoms with van der Waals surface area (Å²) in [6.45, 7) is 3.76. The minimum Gasteiger partial charge on any atom is -0.467 e. The Hall–Kier alpha value is -1.21. The average molecular weight is 259 g/mol. The lowest BCUT2D eigenvalue weighted by Gasteiger charge is -2.12. The molecule has 96 valence electrons. The standard InChI is InChI=1S/C10H17N3O3S/c1-5-7(9(14)16-4)11-10-12-8(13-17-10)6(2)15-3/h6-7H,5H2,1-4H3,(H,11,12,13). The number of esters is 1. The van der Waals surface area contributed by atoms with E-state index in [0.717, 1.165) is 0 Å². The largest absolute Gasteiger partial charge is 0.467 e. The summed E-state index contributed by atoms with van der Waals surface area (Å²) in [4.78, 5) is 15.6. The van der Waals surface area contributed by atoms with Crippen molar-refractivity contribution in [2.24, 2.45) is 0 Å². The van der Waals surface area contributed by atoms with Crippen molar-refractivity contribution in [3.63, 3.8) is 0 Å². The highest BCUT2D eigenvalue weighted by molar-refractivity contribution is 7.09. The molecule has 0 aromatic carbocycles. The van der Waals surface area contributed by atoms with E-state index in [-0.39, 0.29) is 12.1 Å². The number of nitrogens with zero attached hydrogens (tertiary/aromatic N) is 2. The van der Waals surface area contributed by atoms with Gasteiger partial charge in [-0.2, -0.15) is 4.37 Å². The van der Waals surface area contributed by atoms with Gasteiger partial charge in [0.25, 0.3) is 0 Å². The highest BCUT2D eigenvalue weighted by Crippen LogP contribution is 2.19. The predicted octanol–water partition coefficient (Wildman–Crippen LogP) is 1.61. The number of methoxy groups -OCH3 is 2. The number of aromatic nitrogens is 2. The summed E-state index contributed by atoms with van der Waals surface area (Å²) in [5.74, 6) is 0.309. The van der Waals surface area contributed by atoms with Crippen LogP contribution in [0.3, 0.4) is 0 Å². The molecule has 1 heterocycles. The maximum absolute atomic E-state index is 11.4. The molecule has 0 aliphatic rings. The van der Waals surface area contributed by atoms with E-state index < -0.39 is 6.04 Å². The lowest BCUT2D eigenvalue weighted by atomic mass is 10.2. The van der Waals surface area contributed by atoms with Crippen LogP contribution in [0, 0.1) is 0 Å². The van der Waals surface area contributed by atoms with Gasteiger partial charge in [0.2, 0.25) is 5.13 Å². The number of hydrogen-bond acceptors (Lipinski definition) is 7. The van der Waals surface area contributed by atoms with Crippen LogP contribution in [0.5, 0.6) is 0 Å². The van der Waals surface area contributed by atoms with Crippen molar-refractivity contribution < 1.29 is 14.3 Å². The predicted molar refractivity (Wildman–Crippen MR) is 65.1 cm³/mol. The number of anilines is 1. The normalized spacial score (nSPS) is 14.1. The molecular weight excluding hydrogens is 242 g/mol. The first kappa shape index (κ1) is 13.9. The van der Waals surface area contributed by atoms with Gasteiger partial charge in [0.15, 0.2) is 5.82 Å². The topological polar surface area (TPSA) is 73.3 Å². The van der Waals surface area contributed by atoms with E-state index in [1.165, 1.54) is 18.6 Å². The van der Waals surface area contributed by atoms with Crippen molar-refractivity contribution in [1.82, 2.24) is 9.36 Å². The van der Waals surface area contributed by atoms with Crippen LogP contribution in [-0.2, 0) is 14.3 Å². The molecule has 0 spiro atoms. The Bertz CT molecular complexity index is 369. The third kappa shape index (κ3) is 3.64. The number of ether oxygens (including phenoxy) is 2. The first-order valence-corrected chi connectivity index (χ1v) is 6.10. The molecule has 2 atom stereocenters. The van der Waals surface area contributed by atoms with Gasteiger partial charge in [-0.05, 0) is 13.3 Å². The van der Waals surface area contributed by atoms with E-state index in [0.29, 0.717) is 17.4 Å². The van der Waals surface area contributed by atoms with E-state index >= 15 is 0 Å². The third-order valence-corrected chi connectivity index (χ3v) is 3.01. The average Bonchev–Trinajstić information content (AvgIpc) is 2.82. The van der Waals surface area contributed by atoms with E-state index in [1.807, 2.05) is 13.8 Å². The Morgan fingerprint density at radius 3 is 2.76 bits per heavy atom. The molecule has 17 heavy (non-hydrogen) atoms. The molecule has 1 rings (SSSR count). The lowest BCUT2D eigenvalue weighted by molar-refractivity contribution is -0.141. The van der Waals surface area contributed by atoms with Crippen LogP contribution in [0.1, 0.15) is 32.2 Å². The molecule has 0 bridgehead atoms. The molecule has 7 heteroatoms. The van der Waals surface area contributed by atoms with Crippen molar-refractivity contribution in [3.05, 3.63) is 5.82 Å². The third-order valence-electron chi connectivity index (χ3n) is 2.35. The van der Waals surface area contributed by atoms with E-state index in [4.69, 9.17) is 4.74 Å². The molecule has 1 aromatic rings. The Morgan fingerprint density at radius 2 is 2.24 bits per heavy atom. The molecule has 0 radical (unpaired) electrons. The van der Waals surface area contributed by atoms with Crippen LogP contribution < -0.4 is 5.32 Å². The Kier molecular flexibility index (Phi) is 5.30. The first-order chi connectivity index (χ1) is 8.12. The summed E-state index contributed by atoms with van der Waals surface area (Å²) >= 11 is 1.20. The molecule has 0 saturated carbocycles. The molecular formula is C10H17N3O3S. The Morgan fingerprint density at radius 1 is 1.53 bits per heavy atom. The zero-order valence-electron chi connectivity index (χ0n) is 10.4. The van der Waals surface area contributed by atoms with Gasteiger partial charge >= 0.3 is 5.97 Å². The summed E-state index contributed by atoms with van der Waals surface area (Å²) in [5, 5.41) is 3.59. The van der Waals surface area contributed by atoms with Crippen LogP contribution in [-0.4, -0.2) is 35.6 Å². The van der Waals surface area contributed by atoms with Gasteiger partial charge in [-0.1, -0.05) is 6.92 Å². The minimum atomic E-state index is -0.390. The molecule has 0 aliphatic heterocycles. The van der Waals surface area contributed by atoms with Gasteiger partial charge < -0.3 is 14.8 Å². The maximum Gasteiger partial charge on any atom is 0.328 e. The number of carbonyl (C=O) groups is 1.